The van der Waals surface area contributed by atoms with E-state index in [0.717, 1.165) is 23.3 Å². The van der Waals surface area contributed by atoms with Crippen molar-refractivity contribution >= 4 is 5.90 Å². The van der Waals surface area contributed by atoms with E-state index < -0.39 is 17.2 Å². The van der Waals surface area contributed by atoms with Crippen molar-refractivity contribution < 1.29 is 13.5 Å². The summed E-state index contributed by atoms with van der Waals surface area (Å²) in [5.41, 5.74) is 2.09. The van der Waals surface area contributed by atoms with Gasteiger partial charge in [-0.2, -0.15) is 0 Å². The highest BCUT2D eigenvalue weighted by Crippen LogP contribution is 2.47. The Kier molecular flexibility index (Phi) is 5.59. The first-order valence-corrected chi connectivity index (χ1v) is 12.1. The van der Waals surface area contributed by atoms with Crippen molar-refractivity contribution in [1.82, 2.24) is 0 Å². The third-order valence-electron chi connectivity index (χ3n) is 7.81. The molecule has 4 heteroatoms. The topological polar surface area (TPSA) is 21.6 Å². The van der Waals surface area contributed by atoms with Crippen molar-refractivity contribution in [3.05, 3.63) is 59.2 Å². The van der Waals surface area contributed by atoms with Gasteiger partial charge in [0.1, 0.15) is 23.8 Å². The Morgan fingerprint density at radius 3 is 2.19 bits per heavy atom. The van der Waals surface area contributed by atoms with Gasteiger partial charge in [0.2, 0.25) is 5.90 Å². The number of hydrogen-bond acceptors (Lipinski definition) is 2. The summed E-state index contributed by atoms with van der Waals surface area (Å²) in [6.07, 6.45) is 8.02. The summed E-state index contributed by atoms with van der Waals surface area (Å²) in [6.45, 7) is 6.49. The van der Waals surface area contributed by atoms with E-state index in [1.54, 1.807) is 0 Å². The van der Waals surface area contributed by atoms with Crippen LogP contribution in [0.1, 0.15) is 76.3 Å². The van der Waals surface area contributed by atoms with Crippen LogP contribution in [0.15, 0.2) is 41.4 Å². The standard InChI is InChI=1S/C28H33F2NO/c1-17-4-5-22-13-21(11-10-20(22)12-17)18-6-8-19(9-7-18)23-14-24(29)26(25(30)15-23)27-31-28(2,3)16-32-27/h6-9,14-15,17,20-22H,4-5,10-13,16H2,1-3H3. The molecular formula is C28H33F2NO. The lowest BCUT2D eigenvalue weighted by Crippen LogP contribution is -2.29. The Bertz CT molecular complexity index is 1000. The molecule has 0 bridgehead atoms. The van der Waals surface area contributed by atoms with Crippen LogP contribution < -0.4 is 0 Å². The van der Waals surface area contributed by atoms with E-state index in [1.165, 1.54) is 56.2 Å². The smallest absolute Gasteiger partial charge is 0.222 e. The molecule has 2 aromatic rings. The van der Waals surface area contributed by atoms with Crippen molar-refractivity contribution in [2.24, 2.45) is 22.7 Å². The van der Waals surface area contributed by atoms with E-state index >= 15 is 0 Å². The minimum Gasteiger partial charge on any atom is -0.475 e. The Morgan fingerprint density at radius 2 is 1.53 bits per heavy atom. The van der Waals surface area contributed by atoms with Crippen molar-refractivity contribution in [3.8, 4) is 11.1 Å². The van der Waals surface area contributed by atoms with Crippen LogP contribution in [0.4, 0.5) is 8.78 Å². The molecule has 1 aliphatic heterocycles. The number of hydrogen-bond donors (Lipinski definition) is 0. The van der Waals surface area contributed by atoms with Crippen LogP contribution in [-0.2, 0) is 4.74 Å². The first-order valence-electron chi connectivity index (χ1n) is 12.1. The molecule has 5 rings (SSSR count). The van der Waals surface area contributed by atoms with Crippen LogP contribution in [-0.4, -0.2) is 18.0 Å². The second-order valence-electron chi connectivity index (χ2n) is 10.9. The average molecular weight is 438 g/mol. The van der Waals surface area contributed by atoms with Crippen molar-refractivity contribution in [1.29, 1.82) is 0 Å². The molecule has 0 N–H and O–H groups in total. The molecule has 1 heterocycles. The predicted octanol–water partition coefficient (Wildman–Crippen LogP) is 7.51. The van der Waals surface area contributed by atoms with E-state index in [9.17, 15) is 8.78 Å². The highest BCUT2D eigenvalue weighted by molar-refractivity contribution is 5.96. The van der Waals surface area contributed by atoms with E-state index in [1.807, 2.05) is 26.0 Å². The van der Waals surface area contributed by atoms with Crippen LogP contribution in [0.2, 0.25) is 0 Å². The quantitative estimate of drug-likeness (QED) is 0.487. The maximum Gasteiger partial charge on any atom is 0.222 e. The molecule has 0 radical (unpaired) electrons. The van der Waals surface area contributed by atoms with Gasteiger partial charge in [0.15, 0.2) is 0 Å². The fourth-order valence-electron chi connectivity index (χ4n) is 6.03. The van der Waals surface area contributed by atoms with Crippen LogP contribution in [0.25, 0.3) is 11.1 Å². The molecule has 2 aliphatic carbocycles. The van der Waals surface area contributed by atoms with Crippen LogP contribution in [0.3, 0.4) is 0 Å². The van der Waals surface area contributed by atoms with E-state index in [4.69, 9.17) is 4.74 Å². The van der Waals surface area contributed by atoms with Gasteiger partial charge < -0.3 is 4.74 Å². The first kappa shape index (κ1) is 21.6. The van der Waals surface area contributed by atoms with Gasteiger partial charge in [0.25, 0.3) is 0 Å². The maximum absolute atomic E-state index is 14.9. The molecular weight excluding hydrogens is 404 g/mol. The highest BCUT2D eigenvalue weighted by Gasteiger charge is 2.35. The van der Waals surface area contributed by atoms with Crippen LogP contribution in [0.5, 0.6) is 0 Å². The van der Waals surface area contributed by atoms with Gasteiger partial charge in [-0.15, -0.1) is 0 Å². The minimum absolute atomic E-state index is 0.0552. The van der Waals surface area contributed by atoms with Gasteiger partial charge in [0.05, 0.1) is 5.54 Å². The summed E-state index contributed by atoms with van der Waals surface area (Å²) in [5.74, 6) is 2.06. The second kappa shape index (κ2) is 8.28. The van der Waals surface area contributed by atoms with E-state index in [2.05, 4.69) is 24.0 Å². The molecule has 0 aromatic heterocycles. The number of halogens is 2. The lowest BCUT2D eigenvalue weighted by Gasteiger charge is -2.41. The summed E-state index contributed by atoms with van der Waals surface area (Å²) in [4.78, 5) is 4.33. The number of ether oxygens (including phenoxy) is 1. The lowest BCUT2D eigenvalue weighted by molar-refractivity contribution is 0.124. The molecule has 0 saturated heterocycles. The molecule has 4 unspecified atom stereocenters. The molecule has 0 spiro atoms. The fraction of sp³-hybridized carbons (Fsp3) is 0.536. The molecule has 2 nitrogen and oxygen atoms in total. The van der Waals surface area contributed by atoms with Gasteiger partial charge in [-0.05, 0) is 98.4 Å². The third-order valence-corrected chi connectivity index (χ3v) is 7.81. The summed E-state index contributed by atoms with van der Waals surface area (Å²) < 4.78 is 35.2. The zero-order valence-corrected chi connectivity index (χ0v) is 19.3. The number of nitrogens with zero attached hydrogens (tertiary/aromatic N) is 1. The molecule has 4 atom stereocenters. The van der Waals surface area contributed by atoms with Gasteiger partial charge in [0, 0.05) is 0 Å². The summed E-state index contributed by atoms with van der Waals surface area (Å²) in [5, 5.41) is 0. The molecule has 0 amide bonds. The van der Waals surface area contributed by atoms with E-state index in [-0.39, 0.29) is 11.5 Å². The largest absolute Gasteiger partial charge is 0.475 e. The molecule has 32 heavy (non-hydrogen) atoms. The monoisotopic (exact) mass is 437 g/mol. The average Bonchev–Trinajstić information content (AvgIpc) is 3.12. The third kappa shape index (κ3) is 4.21. The van der Waals surface area contributed by atoms with Gasteiger partial charge in [-0.25, -0.2) is 13.8 Å². The summed E-state index contributed by atoms with van der Waals surface area (Å²) in [6, 6.07) is 11.1. The zero-order valence-electron chi connectivity index (χ0n) is 19.3. The predicted molar refractivity (Wildman–Crippen MR) is 125 cm³/mol. The SMILES string of the molecule is CC1CCC2CC(c3ccc(-c4cc(F)c(C5=NC(C)(C)CO5)c(F)c4)cc3)CCC2C1. The Balaban J connectivity index is 1.33. The Hall–Kier alpha value is -2.23. The molecule has 3 aliphatic rings. The van der Waals surface area contributed by atoms with Crippen LogP contribution >= 0.6 is 0 Å². The normalized spacial score (nSPS) is 29.2. The Morgan fingerprint density at radius 1 is 0.875 bits per heavy atom. The number of aliphatic imine (C=N–C) groups is 1. The van der Waals surface area contributed by atoms with Gasteiger partial charge in [-0.1, -0.05) is 37.6 Å². The van der Waals surface area contributed by atoms with Gasteiger partial charge in [-0.3, -0.25) is 0 Å². The summed E-state index contributed by atoms with van der Waals surface area (Å²) >= 11 is 0. The molecule has 2 aromatic carbocycles. The highest BCUT2D eigenvalue weighted by atomic mass is 19.1. The van der Waals surface area contributed by atoms with Crippen LogP contribution in [0, 0.1) is 29.4 Å². The first-order chi connectivity index (χ1) is 15.3. The maximum atomic E-state index is 14.9. The molecule has 170 valence electrons. The van der Waals surface area contributed by atoms with E-state index in [0.29, 0.717) is 18.1 Å². The number of benzene rings is 2. The Labute approximate surface area is 190 Å². The minimum atomic E-state index is -0.634. The zero-order chi connectivity index (χ0) is 22.5. The summed E-state index contributed by atoms with van der Waals surface area (Å²) in [7, 11) is 0. The second-order valence-corrected chi connectivity index (χ2v) is 10.9. The molecule has 2 saturated carbocycles. The van der Waals surface area contributed by atoms with Crippen molar-refractivity contribution in [2.75, 3.05) is 6.61 Å². The van der Waals surface area contributed by atoms with Crippen molar-refractivity contribution in [2.45, 2.75) is 70.8 Å². The van der Waals surface area contributed by atoms with Gasteiger partial charge >= 0.3 is 0 Å². The molecule has 2 fully saturated rings. The fourth-order valence-corrected chi connectivity index (χ4v) is 6.03. The number of rotatable bonds is 3. The van der Waals surface area contributed by atoms with Crippen molar-refractivity contribution in [3.63, 3.8) is 0 Å². The lowest BCUT2D eigenvalue weighted by atomic mass is 9.64. The number of fused-ring (bicyclic) bond motifs is 1.